The molecular formula is C25H38N8OS. The summed E-state index contributed by atoms with van der Waals surface area (Å²) < 4.78 is 5.68. The van der Waals surface area contributed by atoms with Gasteiger partial charge in [0.25, 0.3) is 0 Å². The number of H-pyrrole nitrogens is 1. The summed E-state index contributed by atoms with van der Waals surface area (Å²) in [7, 11) is 5.13. The largest absolute Gasteiger partial charge is 0.492 e. The zero-order valence-corrected chi connectivity index (χ0v) is 22.8. The SMILES string of the molecule is C=C(/C(C=NC)=C/N)/C(OC)=C(\N=C(/C)N(C)c1ccc(SC)nc1)Nc1cc(C)[nH]n1.CCC. The summed E-state index contributed by atoms with van der Waals surface area (Å²) in [5.41, 5.74) is 8.72. The molecule has 35 heavy (non-hydrogen) atoms. The third kappa shape index (κ3) is 8.97. The first kappa shape index (κ1) is 29.5. The maximum absolute atomic E-state index is 5.77. The molecule has 4 N–H and O–H groups in total. The number of nitrogens with one attached hydrogen (secondary N) is 2. The molecule has 0 atom stereocenters. The van der Waals surface area contributed by atoms with Crippen molar-refractivity contribution in [1.82, 2.24) is 15.2 Å². The van der Waals surface area contributed by atoms with E-state index >= 15 is 0 Å². The van der Waals surface area contributed by atoms with Crippen LogP contribution in [0.15, 0.2) is 74.9 Å². The van der Waals surface area contributed by atoms with Crippen LogP contribution in [0.25, 0.3) is 0 Å². The van der Waals surface area contributed by atoms with Gasteiger partial charge in [-0.25, -0.2) is 9.98 Å². The lowest BCUT2D eigenvalue weighted by Gasteiger charge is -2.20. The zero-order chi connectivity index (χ0) is 26.4. The van der Waals surface area contributed by atoms with Gasteiger partial charge >= 0.3 is 0 Å². The van der Waals surface area contributed by atoms with Crippen LogP contribution in [0.4, 0.5) is 11.5 Å². The number of aliphatic imine (C=N–C) groups is 2. The van der Waals surface area contributed by atoms with Crippen molar-refractivity contribution in [2.45, 2.75) is 39.1 Å². The summed E-state index contributed by atoms with van der Waals surface area (Å²) in [6, 6.07) is 5.83. The Balaban J connectivity index is 0.00000194. The molecule has 0 aliphatic heterocycles. The van der Waals surface area contributed by atoms with Gasteiger partial charge in [0.1, 0.15) is 5.84 Å². The van der Waals surface area contributed by atoms with E-state index in [9.17, 15) is 0 Å². The van der Waals surface area contributed by atoms with Crippen molar-refractivity contribution in [3.8, 4) is 0 Å². The fraction of sp³-hybridized carbons (Fsp3) is 0.360. The number of nitrogens with zero attached hydrogens (tertiary/aromatic N) is 5. The number of amidine groups is 1. The van der Waals surface area contributed by atoms with Gasteiger partial charge in [-0.3, -0.25) is 10.1 Å². The Labute approximate surface area is 213 Å². The quantitative estimate of drug-likeness (QED) is 0.144. The first-order chi connectivity index (χ1) is 16.8. The van der Waals surface area contributed by atoms with E-state index in [0.29, 0.717) is 34.4 Å². The molecular weight excluding hydrogens is 460 g/mol. The Morgan fingerprint density at radius 2 is 2.06 bits per heavy atom. The van der Waals surface area contributed by atoms with Crippen molar-refractivity contribution < 1.29 is 4.74 Å². The number of allylic oxidation sites excluding steroid dienone is 1. The highest BCUT2D eigenvalue weighted by Crippen LogP contribution is 2.24. The molecule has 190 valence electrons. The van der Waals surface area contributed by atoms with Gasteiger partial charge in [-0.1, -0.05) is 26.8 Å². The molecule has 0 saturated heterocycles. The van der Waals surface area contributed by atoms with Crippen molar-refractivity contribution in [3.63, 3.8) is 0 Å². The number of methoxy groups -OCH3 is 1. The lowest BCUT2D eigenvalue weighted by molar-refractivity contribution is 0.298. The summed E-state index contributed by atoms with van der Waals surface area (Å²) in [5, 5.41) is 11.3. The van der Waals surface area contributed by atoms with Gasteiger partial charge in [0.2, 0.25) is 0 Å². The molecule has 2 heterocycles. The molecule has 0 radical (unpaired) electrons. The highest BCUT2D eigenvalue weighted by atomic mass is 32.2. The van der Waals surface area contributed by atoms with Crippen LogP contribution in [0.5, 0.6) is 0 Å². The van der Waals surface area contributed by atoms with Crippen LogP contribution >= 0.6 is 11.8 Å². The van der Waals surface area contributed by atoms with Gasteiger partial charge in [0, 0.05) is 49.4 Å². The molecule has 0 unspecified atom stereocenters. The maximum atomic E-state index is 5.77. The monoisotopic (exact) mass is 498 g/mol. The van der Waals surface area contributed by atoms with Crippen molar-refractivity contribution >= 4 is 35.3 Å². The Bertz CT molecular complexity index is 1070. The zero-order valence-electron chi connectivity index (χ0n) is 22.0. The van der Waals surface area contributed by atoms with Crippen LogP contribution in [0.1, 0.15) is 32.9 Å². The van der Waals surface area contributed by atoms with Gasteiger partial charge < -0.3 is 20.7 Å². The van der Waals surface area contributed by atoms with Crippen LogP contribution in [0.3, 0.4) is 0 Å². The Kier molecular flexibility index (Phi) is 13.0. The van der Waals surface area contributed by atoms with Crippen molar-refractivity contribution in [2.24, 2.45) is 15.7 Å². The van der Waals surface area contributed by atoms with Crippen LogP contribution in [-0.2, 0) is 4.74 Å². The molecule has 10 heteroatoms. The van der Waals surface area contributed by atoms with E-state index in [2.05, 4.69) is 45.9 Å². The van der Waals surface area contributed by atoms with Gasteiger partial charge in [0.15, 0.2) is 17.4 Å². The number of rotatable bonds is 9. The molecule has 0 bridgehead atoms. The number of anilines is 2. The van der Waals surface area contributed by atoms with E-state index in [1.54, 1.807) is 32.1 Å². The van der Waals surface area contributed by atoms with E-state index in [0.717, 1.165) is 16.4 Å². The van der Waals surface area contributed by atoms with E-state index in [1.807, 2.05) is 56.4 Å². The number of pyridine rings is 1. The van der Waals surface area contributed by atoms with Gasteiger partial charge in [-0.05, 0) is 32.2 Å². The number of thioether (sulfide) groups is 1. The minimum absolute atomic E-state index is 0.408. The van der Waals surface area contributed by atoms with Crippen molar-refractivity contribution in [1.29, 1.82) is 0 Å². The minimum Gasteiger partial charge on any atom is -0.492 e. The highest BCUT2D eigenvalue weighted by molar-refractivity contribution is 7.98. The van der Waals surface area contributed by atoms with Crippen LogP contribution < -0.4 is 16.0 Å². The second-order valence-electron chi connectivity index (χ2n) is 7.41. The third-order valence-electron chi connectivity index (χ3n) is 4.52. The third-order valence-corrected chi connectivity index (χ3v) is 5.18. The summed E-state index contributed by atoms with van der Waals surface area (Å²) in [6.45, 7) is 12.2. The first-order valence-electron chi connectivity index (χ1n) is 11.2. The van der Waals surface area contributed by atoms with Crippen LogP contribution in [-0.4, -0.2) is 54.7 Å². The molecule has 0 saturated carbocycles. The van der Waals surface area contributed by atoms with E-state index < -0.39 is 0 Å². The number of aryl methyl sites for hydroxylation is 1. The predicted molar refractivity (Wildman–Crippen MR) is 150 cm³/mol. The minimum atomic E-state index is 0.408. The Morgan fingerprint density at radius 1 is 1.37 bits per heavy atom. The molecule has 0 amide bonds. The average Bonchev–Trinajstić information content (AvgIpc) is 3.27. The standard InChI is InChI=1S/C22H30N8OS.C3H8/c1-14-10-19(29-28-14)27-22(21(31-6)15(2)17(11-23)12-24-4)26-16(3)30(5)18-8-9-20(32-7)25-13-18;1-3-2/h8-13H,2,23H2,1,3-7H3,(H2,27,28,29);3H2,1-2H3/b17-11+,22-21-,24-12?,26-16+;. The highest BCUT2D eigenvalue weighted by Gasteiger charge is 2.17. The Hall–Kier alpha value is -3.53. The van der Waals surface area contributed by atoms with Gasteiger partial charge in [-0.2, -0.15) is 5.10 Å². The molecule has 9 nitrogen and oxygen atoms in total. The molecule has 0 aliphatic rings. The lowest BCUT2D eigenvalue weighted by Crippen LogP contribution is -2.24. The fourth-order valence-electron chi connectivity index (χ4n) is 2.71. The molecule has 2 rings (SSSR count). The summed E-state index contributed by atoms with van der Waals surface area (Å²) in [4.78, 5) is 15.2. The molecule has 0 aliphatic carbocycles. The van der Waals surface area contributed by atoms with Crippen molar-refractivity contribution in [2.75, 3.05) is 37.7 Å². The van der Waals surface area contributed by atoms with E-state index in [-0.39, 0.29) is 0 Å². The Morgan fingerprint density at radius 3 is 2.51 bits per heavy atom. The number of ether oxygens (including phenoxy) is 1. The average molecular weight is 499 g/mol. The van der Waals surface area contributed by atoms with Gasteiger partial charge in [-0.15, -0.1) is 11.8 Å². The molecule has 0 fully saturated rings. The number of hydrogen-bond acceptors (Lipinski definition) is 8. The normalized spacial score (nSPS) is 12.6. The number of aromatic amines is 1. The topological polar surface area (TPSA) is 117 Å². The smallest absolute Gasteiger partial charge is 0.176 e. The molecule has 2 aromatic rings. The van der Waals surface area contributed by atoms with E-state index in [1.165, 1.54) is 12.6 Å². The second-order valence-corrected chi connectivity index (χ2v) is 8.24. The summed E-state index contributed by atoms with van der Waals surface area (Å²) in [5.74, 6) is 2.12. The number of aromatic nitrogens is 3. The molecule has 0 spiro atoms. The van der Waals surface area contributed by atoms with Gasteiger partial charge in [0.05, 0.1) is 24.0 Å². The number of nitrogens with two attached hydrogens (primary N) is 1. The first-order valence-corrected chi connectivity index (χ1v) is 12.4. The molecule has 2 aromatic heterocycles. The summed E-state index contributed by atoms with van der Waals surface area (Å²) in [6.07, 6.45) is 8.08. The predicted octanol–water partition coefficient (Wildman–Crippen LogP) is 5.13. The lowest BCUT2D eigenvalue weighted by atomic mass is 10.1. The van der Waals surface area contributed by atoms with Crippen LogP contribution in [0.2, 0.25) is 0 Å². The molecule has 0 aromatic carbocycles. The fourth-order valence-corrected chi connectivity index (χ4v) is 3.07. The van der Waals surface area contributed by atoms with Crippen LogP contribution in [0, 0.1) is 6.92 Å². The second kappa shape index (κ2) is 15.4. The summed E-state index contributed by atoms with van der Waals surface area (Å²) >= 11 is 1.59. The maximum Gasteiger partial charge on any atom is 0.176 e. The van der Waals surface area contributed by atoms with Crippen molar-refractivity contribution in [3.05, 3.63) is 65.6 Å². The number of hydrogen-bond donors (Lipinski definition) is 3. The van der Waals surface area contributed by atoms with E-state index in [4.69, 9.17) is 15.5 Å².